The van der Waals surface area contributed by atoms with E-state index in [1.54, 1.807) is 43.8 Å². The molecular weight excluding hydrogens is 723 g/mol. The van der Waals surface area contributed by atoms with Gasteiger partial charge in [0.05, 0.1) is 29.6 Å². The van der Waals surface area contributed by atoms with Gasteiger partial charge in [-0.3, -0.25) is 19.6 Å². The molecular formula is C48H39N7O3. The number of aliphatic imine (C=N–C) groups is 2. The number of amidine groups is 2. The minimum Gasteiger partial charge on any atom is -0.497 e. The van der Waals surface area contributed by atoms with Gasteiger partial charge in [-0.05, 0) is 78.9 Å². The van der Waals surface area contributed by atoms with Crippen molar-refractivity contribution in [2.75, 3.05) is 12.4 Å². The van der Waals surface area contributed by atoms with Gasteiger partial charge in [0.15, 0.2) is 5.84 Å². The highest BCUT2D eigenvalue weighted by Gasteiger charge is 2.32. The van der Waals surface area contributed by atoms with E-state index in [0.717, 1.165) is 27.8 Å². The van der Waals surface area contributed by atoms with Gasteiger partial charge in [-0.2, -0.15) is 0 Å². The molecule has 0 saturated heterocycles. The highest BCUT2D eigenvalue weighted by Crippen LogP contribution is 2.45. The first-order valence-electron chi connectivity index (χ1n) is 18.8. The van der Waals surface area contributed by atoms with Crippen LogP contribution < -0.4 is 15.4 Å². The number of aromatic nitrogens is 3. The molecule has 0 unspecified atom stereocenters. The molecule has 3 aromatic heterocycles. The van der Waals surface area contributed by atoms with Gasteiger partial charge in [-0.15, -0.1) is 0 Å². The van der Waals surface area contributed by atoms with Crippen molar-refractivity contribution in [1.82, 2.24) is 20.3 Å². The van der Waals surface area contributed by atoms with Gasteiger partial charge >= 0.3 is 0 Å². The maximum atomic E-state index is 14.0. The van der Waals surface area contributed by atoms with Gasteiger partial charge in [-0.1, -0.05) is 97.1 Å². The van der Waals surface area contributed by atoms with Crippen molar-refractivity contribution < 1.29 is 14.3 Å². The van der Waals surface area contributed by atoms with Crippen molar-refractivity contribution in [3.63, 3.8) is 0 Å². The van der Waals surface area contributed by atoms with Crippen LogP contribution in [-0.2, 0) is 0 Å². The number of carbonyl (C=O) groups excluding carboxylic acids is 2. The molecule has 4 heterocycles. The zero-order valence-electron chi connectivity index (χ0n) is 32.4. The number of rotatable bonds is 9. The summed E-state index contributed by atoms with van der Waals surface area (Å²) >= 11 is 0. The van der Waals surface area contributed by atoms with E-state index < -0.39 is 0 Å². The summed E-state index contributed by atoms with van der Waals surface area (Å²) in [7, 11) is 1.59. The first-order valence-corrected chi connectivity index (χ1v) is 18.8. The fourth-order valence-corrected chi connectivity index (χ4v) is 7.02. The lowest BCUT2D eigenvalue weighted by Crippen LogP contribution is -2.31. The minimum atomic E-state index is -0.329. The molecule has 8 rings (SSSR count). The first kappa shape index (κ1) is 37.2. The second-order valence-corrected chi connectivity index (χ2v) is 13.8. The van der Waals surface area contributed by atoms with E-state index in [-0.39, 0.29) is 17.6 Å². The van der Waals surface area contributed by atoms with Gasteiger partial charge < -0.3 is 20.4 Å². The van der Waals surface area contributed by atoms with Gasteiger partial charge in [-0.25, -0.2) is 9.98 Å². The summed E-state index contributed by atoms with van der Waals surface area (Å²) in [5.74, 6) is 1.38. The van der Waals surface area contributed by atoms with E-state index in [4.69, 9.17) is 24.7 Å². The maximum absolute atomic E-state index is 14.0. The molecule has 0 saturated carbocycles. The van der Waals surface area contributed by atoms with E-state index >= 15 is 0 Å². The topological polar surface area (TPSA) is 134 Å². The number of methoxy groups -OCH3 is 1. The number of anilines is 1. The SMILES string of the molecule is COc1ccnc(C2=C(c3ccccc3)C(=Nc3[nH]c(NC(=O)c4ccccc4C)c(-c4cc(C)ccn4)c3-c3ccccc3)N=C2NC(=O)c2ccccc2C)c1. The second-order valence-electron chi connectivity index (χ2n) is 13.8. The predicted octanol–water partition coefficient (Wildman–Crippen LogP) is 9.81. The van der Waals surface area contributed by atoms with Crippen molar-refractivity contribution in [2.24, 2.45) is 9.98 Å². The number of hydrogen-bond acceptors (Lipinski definition) is 6. The number of aromatic amines is 1. The lowest BCUT2D eigenvalue weighted by Gasteiger charge is -2.13. The third-order valence-electron chi connectivity index (χ3n) is 9.90. The summed E-state index contributed by atoms with van der Waals surface area (Å²) < 4.78 is 5.62. The molecule has 0 spiro atoms. The number of carbonyl (C=O) groups is 2. The molecule has 1 aliphatic heterocycles. The van der Waals surface area contributed by atoms with E-state index in [9.17, 15) is 9.59 Å². The molecule has 4 aromatic carbocycles. The van der Waals surface area contributed by atoms with Crippen molar-refractivity contribution in [3.05, 3.63) is 185 Å². The summed E-state index contributed by atoms with van der Waals surface area (Å²) in [4.78, 5) is 51.4. The monoisotopic (exact) mass is 761 g/mol. The Labute approximate surface area is 336 Å². The molecule has 0 bridgehead atoms. The molecule has 0 fully saturated rings. The Balaban J connectivity index is 1.40. The van der Waals surface area contributed by atoms with Crippen LogP contribution in [0.15, 0.2) is 156 Å². The number of aryl methyl sites for hydroxylation is 3. The molecule has 284 valence electrons. The van der Waals surface area contributed by atoms with Crippen LogP contribution in [0.5, 0.6) is 5.75 Å². The third-order valence-corrected chi connectivity index (χ3v) is 9.90. The van der Waals surface area contributed by atoms with Crippen LogP contribution >= 0.6 is 0 Å². The van der Waals surface area contributed by atoms with Crippen molar-refractivity contribution in [1.29, 1.82) is 0 Å². The van der Waals surface area contributed by atoms with Crippen molar-refractivity contribution in [2.45, 2.75) is 20.8 Å². The van der Waals surface area contributed by atoms with Crippen LogP contribution in [0.25, 0.3) is 33.5 Å². The zero-order chi connectivity index (χ0) is 40.2. The molecule has 58 heavy (non-hydrogen) atoms. The second kappa shape index (κ2) is 16.2. The van der Waals surface area contributed by atoms with Crippen LogP contribution in [0, 0.1) is 20.8 Å². The predicted molar refractivity (Wildman–Crippen MR) is 231 cm³/mol. The molecule has 2 amide bonds. The van der Waals surface area contributed by atoms with E-state index in [1.165, 1.54) is 0 Å². The average molecular weight is 762 g/mol. The normalized spacial score (nSPS) is 13.0. The van der Waals surface area contributed by atoms with Crippen LogP contribution in [0.3, 0.4) is 0 Å². The summed E-state index contributed by atoms with van der Waals surface area (Å²) in [5, 5.41) is 6.25. The van der Waals surface area contributed by atoms with E-state index in [2.05, 4.69) is 15.6 Å². The molecule has 1 aliphatic rings. The minimum absolute atomic E-state index is 0.271. The molecule has 0 aliphatic carbocycles. The van der Waals surface area contributed by atoms with Gasteiger partial charge in [0, 0.05) is 40.7 Å². The lowest BCUT2D eigenvalue weighted by molar-refractivity contribution is 0.0975. The Bertz CT molecular complexity index is 2790. The molecule has 10 heteroatoms. The van der Waals surface area contributed by atoms with Crippen LogP contribution in [0.4, 0.5) is 11.6 Å². The lowest BCUT2D eigenvalue weighted by atomic mass is 9.97. The van der Waals surface area contributed by atoms with Gasteiger partial charge in [0.2, 0.25) is 0 Å². The van der Waals surface area contributed by atoms with Gasteiger partial charge in [0.25, 0.3) is 11.8 Å². The largest absolute Gasteiger partial charge is 0.497 e. The average Bonchev–Trinajstić information content (AvgIpc) is 3.78. The number of nitrogens with zero attached hydrogens (tertiary/aromatic N) is 4. The number of benzene rings is 4. The number of ether oxygens (including phenoxy) is 1. The molecule has 10 nitrogen and oxygen atoms in total. The fraction of sp³-hybridized carbons (Fsp3) is 0.0833. The fourth-order valence-electron chi connectivity index (χ4n) is 7.02. The Morgan fingerprint density at radius 3 is 1.84 bits per heavy atom. The van der Waals surface area contributed by atoms with Crippen molar-refractivity contribution in [3.8, 4) is 28.1 Å². The summed E-state index contributed by atoms with van der Waals surface area (Å²) in [6, 6.07) is 41.9. The number of nitrogens with one attached hydrogen (secondary N) is 3. The van der Waals surface area contributed by atoms with Crippen LogP contribution in [0.1, 0.15) is 48.7 Å². The molecule has 0 atom stereocenters. The number of H-pyrrole nitrogens is 1. The highest BCUT2D eigenvalue weighted by atomic mass is 16.5. The van der Waals surface area contributed by atoms with Crippen LogP contribution in [0.2, 0.25) is 0 Å². The third kappa shape index (κ3) is 7.46. The number of hydrogen-bond donors (Lipinski definition) is 3. The Hall–Kier alpha value is -7.72. The molecule has 3 N–H and O–H groups in total. The Morgan fingerprint density at radius 1 is 0.621 bits per heavy atom. The zero-order valence-corrected chi connectivity index (χ0v) is 32.4. The van der Waals surface area contributed by atoms with E-state index in [1.807, 2.05) is 130 Å². The summed E-state index contributed by atoms with van der Waals surface area (Å²) in [6.07, 6.45) is 3.40. The smallest absolute Gasteiger partial charge is 0.257 e. The van der Waals surface area contributed by atoms with Gasteiger partial charge in [0.1, 0.15) is 23.2 Å². The number of pyridine rings is 2. The number of amides is 2. The summed E-state index contributed by atoms with van der Waals surface area (Å²) in [5.41, 5.74) is 9.05. The maximum Gasteiger partial charge on any atom is 0.257 e. The Kier molecular flexibility index (Phi) is 10.4. The first-order chi connectivity index (χ1) is 28.3. The standard InChI is InChI=1S/C48H39N7O3/c1-29-23-25-49-37(27-29)41-39(32-17-7-5-8-18-32)43(52-45(41)54-47(56)35-21-13-11-15-30(35)2)51-44-40(33-19-9-6-10-20-33)42(38-28-34(58-4)24-26-50-38)46(53-44)55-48(57)36-22-14-12-16-31(36)3/h5-28,52H,1-4H3,(H,54,56)(H,51,53,55,57). The Morgan fingerprint density at radius 2 is 1.21 bits per heavy atom. The highest BCUT2D eigenvalue weighted by molar-refractivity contribution is 6.51. The molecule has 0 radical (unpaired) electrons. The summed E-state index contributed by atoms with van der Waals surface area (Å²) in [6.45, 7) is 5.79. The quantitative estimate of drug-likeness (QED) is 0.135. The van der Waals surface area contributed by atoms with Crippen molar-refractivity contribution >= 4 is 46.3 Å². The molecule has 7 aromatic rings. The van der Waals surface area contributed by atoms with E-state index in [0.29, 0.717) is 68.0 Å². The van der Waals surface area contributed by atoms with Crippen LogP contribution in [-0.4, -0.2) is 45.5 Å².